The third-order valence-electron chi connectivity index (χ3n) is 4.11. The van der Waals surface area contributed by atoms with Gasteiger partial charge in [-0.15, -0.1) is 10.2 Å². The molecule has 0 aliphatic rings. The predicted molar refractivity (Wildman–Crippen MR) is 114 cm³/mol. The van der Waals surface area contributed by atoms with E-state index in [1.54, 1.807) is 12.1 Å². The summed E-state index contributed by atoms with van der Waals surface area (Å²) in [5.74, 6) is 0.331. The maximum atomic E-state index is 12.6. The molecule has 2 aromatic carbocycles. The van der Waals surface area contributed by atoms with E-state index < -0.39 is 11.7 Å². The number of benzene rings is 2. The number of carbonyl (C=O) groups is 1. The molecule has 0 saturated carbocycles. The van der Waals surface area contributed by atoms with Crippen LogP contribution in [0.3, 0.4) is 0 Å². The molecule has 0 saturated heterocycles. The predicted octanol–water partition coefficient (Wildman–Crippen LogP) is 4.88. The van der Waals surface area contributed by atoms with Gasteiger partial charge in [0.2, 0.25) is 0 Å². The molecule has 1 N–H and O–H groups in total. The highest BCUT2D eigenvalue weighted by atomic mass is 35.5. The van der Waals surface area contributed by atoms with Gasteiger partial charge in [-0.1, -0.05) is 35.5 Å². The van der Waals surface area contributed by atoms with Crippen LogP contribution in [0.2, 0.25) is 5.02 Å². The van der Waals surface area contributed by atoms with Crippen molar-refractivity contribution >= 4 is 35.5 Å². The third-order valence-corrected chi connectivity index (χ3v) is 5.33. The maximum Gasteiger partial charge on any atom is 0.416 e. The van der Waals surface area contributed by atoms with Crippen LogP contribution in [0.5, 0.6) is 0 Å². The number of nitrogens with one attached hydrogen (secondary N) is 1. The Morgan fingerprint density at radius 2 is 1.84 bits per heavy atom. The summed E-state index contributed by atoms with van der Waals surface area (Å²) >= 11 is 7.12. The first-order chi connectivity index (χ1) is 14.8. The summed E-state index contributed by atoms with van der Waals surface area (Å²) < 4.78 is 39.6. The van der Waals surface area contributed by atoms with Crippen molar-refractivity contribution in [3.05, 3.63) is 64.7 Å². The van der Waals surface area contributed by atoms with E-state index in [2.05, 4.69) is 20.7 Å². The minimum absolute atomic E-state index is 0.0447. The van der Waals surface area contributed by atoms with Crippen molar-refractivity contribution < 1.29 is 18.0 Å². The zero-order chi connectivity index (χ0) is 22.4. The topological polar surface area (TPSA) is 72.2 Å². The van der Waals surface area contributed by atoms with E-state index >= 15 is 0 Å². The van der Waals surface area contributed by atoms with E-state index in [-0.39, 0.29) is 11.7 Å². The zero-order valence-electron chi connectivity index (χ0n) is 16.2. The van der Waals surface area contributed by atoms with Crippen molar-refractivity contribution in [3.63, 3.8) is 0 Å². The fraction of sp³-hybridized carbons (Fsp3) is 0.200. The van der Waals surface area contributed by atoms with Crippen molar-refractivity contribution in [2.45, 2.75) is 24.8 Å². The molecule has 0 unspecified atom stereocenters. The number of hydrogen-bond acceptors (Lipinski definition) is 5. The van der Waals surface area contributed by atoms with Gasteiger partial charge in [0.15, 0.2) is 11.0 Å². The molecular formula is C20H17ClF3N5OS. The van der Waals surface area contributed by atoms with E-state index in [4.69, 9.17) is 11.6 Å². The number of thioether (sulfide) groups is 1. The van der Waals surface area contributed by atoms with E-state index in [1.807, 2.05) is 23.6 Å². The van der Waals surface area contributed by atoms with Gasteiger partial charge in [-0.25, -0.2) is 5.43 Å². The first kappa shape index (κ1) is 22.8. The van der Waals surface area contributed by atoms with Crippen molar-refractivity contribution in [1.29, 1.82) is 0 Å². The summed E-state index contributed by atoms with van der Waals surface area (Å²) in [4.78, 5) is 12.0. The van der Waals surface area contributed by atoms with Crippen LogP contribution >= 0.6 is 23.4 Å². The second kappa shape index (κ2) is 9.97. The van der Waals surface area contributed by atoms with E-state index in [0.717, 1.165) is 17.7 Å². The molecule has 31 heavy (non-hydrogen) atoms. The number of nitrogens with zero attached hydrogens (tertiary/aromatic N) is 4. The number of halogens is 4. The van der Waals surface area contributed by atoms with Gasteiger partial charge >= 0.3 is 6.18 Å². The van der Waals surface area contributed by atoms with Crippen LogP contribution in [-0.4, -0.2) is 32.6 Å². The first-order valence-electron chi connectivity index (χ1n) is 9.09. The molecule has 1 aromatic heterocycles. The van der Waals surface area contributed by atoms with Crippen molar-refractivity contribution in [2.24, 2.45) is 5.10 Å². The van der Waals surface area contributed by atoms with Crippen molar-refractivity contribution in [2.75, 3.05) is 5.75 Å². The Morgan fingerprint density at radius 1 is 1.16 bits per heavy atom. The van der Waals surface area contributed by atoms with Crippen molar-refractivity contribution in [3.8, 4) is 11.4 Å². The molecule has 6 nitrogen and oxygen atoms in total. The largest absolute Gasteiger partial charge is 0.416 e. The van der Waals surface area contributed by atoms with Crippen LogP contribution < -0.4 is 5.43 Å². The van der Waals surface area contributed by atoms with Gasteiger partial charge in [0.25, 0.3) is 5.91 Å². The molecule has 11 heteroatoms. The molecule has 1 heterocycles. The van der Waals surface area contributed by atoms with Crippen LogP contribution in [0.25, 0.3) is 11.4 Å². The van der Waals surface area contributed by atoms with Crippen LogP contribution in [0, 0.1) is 0 Å². The van der Waals surface area contributed by atoms with Gasteiger partial charge in [-0.05, 0) is 48.9 Å². The number of hydrogen-bond donors (Lipinski definition) is 1. The molecule has 0 aliphatic carbocycles. The van der Waals surface area contributed by atoms with Crippen molar-refractivity contribution in [1.82, 2.24) is 20.2 Å². The second-order valence-corrected chi connectivity index (χ2v) is 7.64. The van der Waals surface area contributed by atoms with Gasteiger partial charge in [0, 0.05) is 17.1 Å². The Bertz CT molecular complexity index is 1070. The normalized spacial score (nSPS) is 11.8. The second-order valence-electron chi connectivity index (χ2n) is 6.26. The van der Waals surface area contributed by atoms with E-state index in [9.17, 15) is 18.0 Å². The molecule has 0 bridgehead atoms. The quantitative estimate of drug-likeness (QED) is 0.305. The minimum atomic E-state index is -4.40. The lowest BCUT2D eigenvalue weighted by Gasteiger charge is -2.07. The number of carbonyl (C=O) groups excluding carboxylic acids is 1. The van der Waals surface area contributed by atoms with Gasteiger partial charge in [-0.2, -0.15) is 18.3 Å². The van der Waals surface area contributed by atoms with Crippen LogP contribution in [0.15, 0.2) is 58.8 Å². The van der Waals surface area contributed by atoms with Gasteiger partial charge < -0.3 is 4.57 Å². The standard InChI is InChI=1S/C20H17ClF3N5OS/c1-2-29-18(14-5-9-16(21)10-6-14)27-28-19(29)31-12-17(30)26-25-11-13-3-7-15(8-4-13)20(22,23)24/h3-11H,2,12H2,1H3,(H,26,30)/b25-11-. The average Bonchev–Trinajstić information content (AvgIpc) is 3.15. The number of hydrazone groups is 1. The summed E-state index contributed by atoms with van der Waals surface area (Å²) in [6.45, 7) is 2.56. The highest BCUT2D eigenvalue weighted by Gasteiger charge is 2.29. The molecule has 0 radical (unpaired) electrons. The monoisotopic (exact) mass is 467 g/mol. The summed E-state index contributed by atoms with van der Waals surface area (Å²) in [6.07, 6.45) is -3.12. The molecule has 3 rings (SSSR count). The zero-order valence-corrected chi connectivity index (χ0v) is 17.8. The highest BCUT2D eigenvalue weighted by Crippen LogP contribution is 2.29. The fourth-order valence-electron chi connectivity index (χ4n) is 2.59. The highest BCUT2D eigenvalue weighted by molar-refractivity contribution is 7.99. The Morgan fingerprint density at radius 3 is 2.45 bits per heavy atom. The Kier molecular flexibility index (Phi) is 7.34. The molecule has 0 atom stereocenters. The number of amides is 1. The molecule has 3 aromatic rings. The Labute approximate surface area is 185 Å². The molecule has 0 aliphatic heterocycles. The van der Waals surface area contributed by atoms with Crippen LogP contribution in [-0.2, 0) is 17.5 Å². The van der Waals surface area contributed by atoms with Gasteiger partial charge in [0.05, 0.1) is 17.5 Å². The summed E-state index contributed by atoms with van der Waals surface area (Å²) in [7, 11) is 0. The summed E-state index contributed by atoms with van der Waals surface area (Å²) in [5, 5.41) is 13.3. The first-order valence-corrected chi connectivity index (χ1v) is 10.5. The summed E-state index contributed by atoms with van der Waals surface area (Å²) in [6, 6.07) is 11.7. The molecule has 162 valence electrons. The lowest BCUT2D eigenvalue weighted by Crippen LogP contribution is -2.20. The third kappa shape index (κ3) is 6.08. The molecular weight excluding hydrogens is 451 g/mol. The van der Waals surface area contributed by atoms with Crippen LogP contribution in [0.1, 0.15) is 18.1 Å². The fourth-order valence-corrected chi connectivity index (χ4v) is 3.51. The number of aromatic nitrogens is 3. The summed E-state index contributed by atoms with van der Waals surface area (Å²) in [5.41, 5.74) is 2.88. The molecule has 0 spiro atoms. The average molecular weight is 468 g/mol. The smallest absolute Gasteiger partial charge is 0.302 e. The van der Waals surface area contributed by atoms with Crippen LogP contribution in [0.4, 0.5) is 13.2 Å². The molecule has 1 amide bonds. The minimum Gasteiger partial charge on any atom is -0.302 e. The van der Waals surface area contributed by atoms with E-state index in [0.29, 0.717) is 28.1 Å². The number of rotatable bonds is 7. The van der Waals surface area contributed by atoms with Gasteiger partial charge in [-0.3, -0.25) is 4.79 Å². The SMILES string of the molecule is CCn1c(SCC(=O)N/N=C\c2ccc(C(F)(F)F)cc2)nnc1-c1ccc(Cl)cc1. The maximum absolute atomic E-state index is 12.6. The molecule has 0 fully saturated rings. The lowest BCUT2D eigenvalue weighted by atomic mass is 10.1. The Balaban J connectivity index is 1.56. The van der Waals surface area contributed by atoms with Gasteiger partial charge in [0.1, 0.15) is 0 Å². The van der Waals surface area contributed by atoms with E-state index in [1.165, 1.54) is 30.1 Å². The number of alkyl halides is 3. The Hall–Kier alpha value is -2.85. The lowest BCUT2D eigenvalue weighted by molar-refractivity contribution is -0.137.